The Kier molecular flexibility index (Phi) is 7.69. The number of morpholine rings is 1. The molecule has 5 rings (SSSR count). The van der Waals surface area contributed by atoms with Crippen LogP contribution in [0.1, 0.15) is 25.7 Å². The summed E-state index contributed by atoms with van der Waals surface area (Å²) < 4.78 is 24.7. The van der Waals surface area contributed by atoms with Crippen LogP contribution in [0.4, 0.5) is 21.8 Å². The Labute approximate surface area is 212 Å². The third kappa shape index (κ3) is 5.97. The number of nitrogens with zero attached hydrogens (tertiary/aromatic N) is 5. The number of ether oxygens (including phenoxy) is 2. The Bertz CT molecular complexity index is 1220. The molecular formula is C24H27ClFN7O3. The monoisotopic (exact) mass is 515 g/mol. The van der Waals surface area contributed by atoms with Gasteiger partial charge in [0, 0.05) is 24.8 Å². The topological polar surface area (TPSA) is 114 Å². The van der Waals surface area contributed by atoms with Gasteiger partial charge in [-0.3, -0.25) is 4.79 Å². The number of nitrogens with one attached hydrogen (secondary N) is 2. The number of halogens is 2. The summed E-state index contributed by atoms with van der Waals surface area (Å²) in [5.41, 5.74) is 1.70. The molecule has 0 bridgehead atoms. The number of anilines is 3. The summed E-state index contributed by atoms with van der Waals surface area (Å²) in [7, 11) is 0. The number of rotatable bonds is 7. The Balaban J connectivity index is 1.17. The van der Waals surface area contributed by atoms with Crippen molar-refractivity contribution in [2.75, 3.05) is 43.5 Å². The van der Waals surface area contributed by atoms with Crippen LogP contribution in [0.5, 0.6) is 0 Å². The molecule has 1 aliphatic heterocycles. The number of carbonyl (C=O) groups excluding carboxylic acids is 1. The fourth-order valence-electron chi connectivity index (χ4n) is 4.38. The van der Waals surface area contributed by atoms with Crippen molar-refractivity contribution in [2.45, 2.75) is 37.8 Å². The van der Waals surface area contributed by atoms with Crippen LogP contribution in [0.25, 0.3) is 11.0 Å². The maximum Gasteiger partial charge on any atom is 0.248 e. The van der Waals surface area contributed by atoms with Crippen LogP contribution in [-0.4, -0.2) is 75.8 Å². The van der Waals surface area contributed by atoms with Gasteiger partial charge >= 0.3 is 0 Å². The van der Waals surface area contributed by atoms with E-state index in [1.54, 1.807) is 17.2 Å². The van der Waals surface area contributed by atoms with Gasteiger partial charge in [-0.15, -0.1) is 0 Å². The Morgan fingerprint density at radius 1 is 1.17 bits per heavy atom. The summed E-state index contributed by atoms with van der Waals surface area (Å²) in [5, 5.41) is 6.53. The molecular weight excluding hydrogens is 489 g/mol. The first-order valence-electron chi connectivity index (χ1n) is 12.0. The van der Waals surface area contributed by atoms with Crippen molar-refractivity contribution in [2.24, 2.45) is 0 Å². The molecule has 2 N–H and O–H groups in total. The first-order chi connectivity index (χ1) is 17.5. The minimum atomic E-state index is -0.493. The summed E-state index contributed by atoms with van der Waals surface area (Å²) >= 11 is 5.90. The lowest BCUT2D eigenvalue weighted by Gasteiger charge is -2.30. The average Bonchev–Trinajstić information content (AvgIpc) is 2.91. The van der Waals surface area contributed by atoms with Crippen molar-refractivity contribution in [3.05, 3.63) is 41.6 Å². The second kappa shape index (κ2) is 11.3. The molecule has 0 unspecified atom stereocenters. The van der Waals surface area contributed by atoms with Gasteiger partial charge in [0.15, 0.2) is 5.82 Å². The average molecular weight is 516 g/mol. The van der Waals surface area contributed by atoms with Crippen molar-refractivity contribution in [1.82, 2.24) is 24.8 Å². The van der Waals surface area contributed by atoms with Gasteiger partial charge in [0.05, 0.1) is 30.5 Å². The molecule has 1 amide bonds. The van der Waals surface area contributed by atoms with E-state index < -0.39 is 5.82 Å². The molecule has 2 fully saturated rings. The standard InChI is InChI=1S/C24H27ClFN7O3/c25-18-11-16(3-6-19(18)26)30-23-22-20(28-14-29-23)12-27-24(32-22)31-15-1-4-17(5-2-15)36-13-21(34)33-7-9-35-10-8-33/h3,6,11-12,14-15,17H,1-2,4-5,7-10,13H2,(H,27,31,32)(H,28,29,30). The Morgan fingerprint density at radius 3 is 2.75 bits per heavy atom. The van der Waals surface area contributed by atoms with E-state index in [-0.39, 0.29) is 29.7 Å². The minimum absolute atomic E-state index is 0.0142. The Hall–Kier alpha value is -3.15. The normalized spacial score (nSPS) is 20.3. The van der Waals surface area contributed by atoms with E-state index in [1.807, 2.05) is 0 Å². The van der Waals surface area contributed by atoms with E-state index in [4.69, 9.17) is 21.1 Å². The van der Waals surface area contributed by atoms with Crippen LogP contribution in [-0.2, 0) is 14.3 Å². The highest BCUT2D eigenvalue weighted by Gasteiger charge is 2.24. The number of hydrogen-bond donors (Lipinski definition) is 2. The van der Waals surface area contributed by atoms with Gasteiger partial charge in [0.2, 0.25) is 11.9 Å². The number of aromatic nitrogens is 4. The molecule has 1 aliphatic carbocycles. The summed E-state index contributed by atoms with van der Waals surface area (Å²) in [6, 6.07) is 4.54. The molecule has 1 saturated carbocycles. The van der Waals surface area contributed by atoms with Gasteiger partial charge < -0.3 is 25.0 Å². The van der Waals surface area contributed by atoms with Gasteiger partial charge in [-0.2, -0.15) is 0 Å². The van der Waals surface area contributed by atoms with E-state index in [0.717, 1.165) is 25.7 Å². The number of fused-ring (bicyclic) bond motifs is 1. The van der Waals surface area contributed by atoms with E-state index in [2.05, 4.69) is 30.6 Å². The van der Waals surface area contributed by atoms with Crippen molar-refractivity contribution >= 4 is 46.0 Å². The van der Waals surface area contributed by atoms with E-state index in [1.165, 1.54) is 18.5 Å². The molecule has 10 nitrogen and oxygen atoms in total. The van der Waals surface area contributed by atoms with Crippen LogP contribution in [0, 0.1) is 5.82 Å². The molecule has 1 aromatic carbocycles. The maximum atomic E-state index is 13.5. The highest BCUT2D eigenvalue weighted by molar-refractivity contribution is 6.31. The fourth-order valence-corrected chi connectivity index (χ4v) is 4.56. The molecule has 0 atom stereocenters. The minimum Gasteiger partial charge on any atom is -0.378 e. The lowest BCUT2D eigenvalue weighted by molar-refractivity contribution is -0.142. The van der Waals surface area contributed by atoms with Crippen LogP contribution in [0.15, 0.2) is 30.7 Å². The molecule has 3 heterocycles. The highest BCUT2D eigenvalue weighted by atomic mass is 35.5. The van der Waals surface area contributed by atoms with Gasteiger partial charge in [-0.1, -0.05) is 11.6 Å². The number of amides is 1. The van der Waals surface area contributed by atoms with E-state index in [0.29, 0.717) is 54.8 Å². The van der Waals surface area contributed by atoms with Crippen molar-refractivity contribution in [3.8, 4) is 0 Å². The number of benzene rings is 1. The lowest BCUT2D eigenvalue weighted by Crippen LogP contribution is -2.43. The third-order valence-corrected chi connectivity index (χ3v) is 6.66. The number of carbonyl (C=O) groups is 1. The van der Waals surface area contributed by atoms with Gasteiger partial charge in [-0.25, -0.2) is 24.3 Å². The first-order valence-corrected chi connectivity index (χ1v) is 12.4. The molecule has 1 saturated heterocycles. The fraction of sp³-hybridized carbons (Fsp3) is 0.458. The van der Waals surface area contributed by atoms with Gasteiger partial charge in [-0.05, 0) is 43.9 Å². The van der Waals surface area contributed by atoms with E-state index in [9.17, 15) is 9.18 Å². The summed E-state index contributed by atoms with van der Waals surface area (Å²) in [5.74, 6) is 0.476. The molecule has 190 valence electrons. The van der Waals surface area contributed by atoms with Crippen molar-refractivity contribution < 1.29 is 18.7 Å². The summed E-state index contributed by atoms with van der Waals surface area (Å²) in [6.45, 7) is 2.55. The summed E-state index contributed by atoms with van der Waals surface area (Å²) in [6.07, 6.45) is 6.58. The maximum absolute atomic E-state index is 13.5. The second-order valence-electron chi connectivity index (χ2n) is 8.83. The molecule has 3 aromatic rings. The zero-order valence-electron chi connectivity index (χ0n) is 19.6. The molecule has 0 radical (unpaired) electrons. The predicted molar refractivity (Wildman–Crippen MR) is 133 cm³/mol. The third-order valence-electron chi connectivity index (χ3n) is 6.37. The second-order valence-corrected chi connectivity index (χ2v) is 9.23. The molecule has 0 spiro atoms. The zero-order valence-corrected chi connectivity index (χ0v) is 20.4. The SMILES string of the molecule is O=C(COC1CCC(Nc2ncc3ncnc(Nc4ccc(F)c(Cl)c4)c3n2)CC1)N1CCOCC1. The molecule has 2 aliphatic rings. The number of hydrogen-bond acceptors (Lipinski definition) is 9. The van der Waals surface area contributed by atoms with E-state index >= 15 is 0 Å². The lowest BCUT2D eigenvalue weighted by atomic mass is 9.93. The van der Waals surface area contributed by atoms with Crippen molar-refractivity contribution in [3.63, 3.8) is 0 Å². The van der Waals surface area contributed by atoms with Crippen LogP contribution < -0.4 is 10.6 Å². The van der Waals surface area contributed by atoms with Crippen LogP contribution >= 0.6 is 11.6 Å². The van der Waals surface area contributed by atoms with Crippen LogP contribution in [0.3, 0.4) is 0 Å². The zero-order chi connectivity index (χ0) is 24.9. The Morgan fingerprint density at radius 2 is 1.97 bits per heavy atom. The van der Waals surface area contributed by atoms with Crippen molar-refractivity contribution in [1.29, 1.82) is 0 Å². The predicted octanol–water partition coefficient (Wildman–Crippen LogP) is 3.55. The summed E-state index contributed by atoms with van der Waals surface area (Å²) in [4.78, 5) is 31.7. The molecule has 2 aromatic heterocycles. The highest BCUT2D eigenvalue weighted by Crippen LogP contribution is 2.27. The molecule has 36 heavy (non-hydrogen) atoms. The largest absolute Gasteiger partial charge is 0.378 e. The smallest absolute Gasteiger partial charge is 0.248 e. The molecule has 12 heteroatoms. The van der Waals surface area contributed by atoms with Crippen LogP contribution in [0.2, 0.25) is 5.02 Å². The van der Waals surface area contributed by atoms with Gasteiger partial charge in [0.25, 0.3) is 0 Å². The first kappa shape index (κ1) is 24.5. The van der Waals surface area contributed by atoms with Gasteiger partial charge in [0.1, 0.15) is 29.8 Å². The quantitative estimate of drug-likeness (QED) is 0.487.